The van der Waals surface area contributed by atoms with E-state index in [9.17, 15) is 4.79 Å². The molecule has 0 radical (unpaired) electrons. The summed E-state index contributed by atoms with van der Waals surface area (Å²) in [6.45, 7) is 4.00. The van der Waals surface area contributed by atoms with Gasteiger partial charge in [0.05, 0.1) is 0 Å². The third-order valence-electron chi connectivity index (χ3n) is 0.110. The SMILES string of the molecule is CC.NC(=O)NO. The molecule has 0 aliphatic rings. The number of rotatable bonds is 0. The van der Waals surface area contributed by atoms with Crippen LogP contribution in [0, 0.1) is 0 Å². The molecular weight excluding hydrogens is 96.0 g/mol. The molecule has 4 nitrogen and oxygen atoms in total. The van der Waals surface area contributed by atoms with Gasteiger partial charge in [-0.3, -0.25) is 5.21 Å². The van der Waals surface area contributed by atoms with Crippen LogP contribution in [0.2, 0.25) is 0 Å². The minimum absolute atomic E-state index is 0.940. The summed E-state index contributed by atoms with van der Waals surface area (Å²) in [5.41, 5.74) is 5.46. The molecule has 0 aliphatic carbocycles. The van der Waals surface area contributed by atoms with Crippen molar-refractivity contribution in [2.45, 2.75) is 13.8 Å². The van der Waals surface area contributed by atoms with Crippen molar-refractivity contribution < 1.29 is 10.0 Å². The molecule has 2 amide bonds. The smallest absolute Gasteiger partial charge is 0.335 e. The van der Waals surface area contributed by atoms with E-state index < -0.39 is 6.03 Å². The monoisotopic (exact) mass is 106 g/mol. The van der Waals surface area contributed by atoms with Gasteiger partial charge in [-0.15, -0.1) is 0 Å². The second-order valence-electron chi connectivity index (χ2n) is 0.476. The molecule has 0 unspecified atom stereocenters. The number of primary amides is 1. The first-order valence-electron chi connectivity index (χ1n) is 1.97. The Kier molecular flexibility index (Phi) is 12.2. The Labute approximate surface area is 42.3 Å². The number of nitrogens with one attached hydrogen (secondary N) is 1. The highest BCUT2D eigenvalue weighted by molar-refractivity contribution is 5.69. The van der Waals surface area contributed by atoms with Gasteiger partial charge in [0.2, 0.25) is 0 Å². The van der Waals surface area contributed by atoms with Crippen LogP contribution in [-0.2, 0) is 0 Å². The van der Waals surface area contributed by atoms with Gasteiger partial charge in [0, 0.05) is 0 Å². The van der Waals surface area contributed by atoms with E-state index in [0.717, 1.165) is 0 Å². The summed E-state index contributed by atoms with van der Waals surface area (Å²) in [7, 11) is 0. The van der Waals surface area contributed by atoms with Crippen molar-refractivity contribution in [3.05, 3.63) is 0 Å². The lowest BCUT2D eigenvalue weighted by molar-refractivity contribution is 0.169. The zero-order valence-electron chi connectivity index (χ0n) is 4.43. The van der Waals surface area contributed by atoms with Gasteiger partial charge >= 0.3 is 6.03 Å². The van der Waals surface area contributed by atoms with E-state index in [2.05, 4.69) is 5.73 Å². The number of carbonyl (C=O) groups is 1. The highest BCUT2D eigenvalue weighted by atomic mass is 16.5. The quantitative estimate of drug-likeness (QED) is 0.302. The summed E-state index contributed by atoms with van der Waals surface area (Å²) in [5, 5.41) is 7.42. The zero-order valence-corrected chi connectivity index (χ0v) is 4.43. The Balaban J connectivity index is 0. The van der Waals surface area contributed by atoms with E-state index in [1.165, 1.54) is 5.48 Å². The van der Waals surface area contributed by atoms with Gasteiger partial charge < -0.3 is 5.73 Å². The van der Waals surface area contributed by atoms with Gasteiger partial charge in [-0.2, -0.15) is 0 Å². The first kappa shape index (κ1) is 9.52. The minimum atomic E-state index is -0.940. The third-order valence-corrected chi connectivity index (χ3v) is 0.110. The van der Waals surface area contributed by atoms with Gasteiger partial charge in [-0.05, 0) is 0 Å². The van der Waals surface area contributed by atoms with Crippen LogP contribution in [0.1, 0.15) is 13.8 Å². The van der Waals surface area contributed by atoms with Crippen LogP contribution in [0.25, 0.3) is 0 Å². The number of hydroxylamine groups is 1. The number of urea groups is 1. The molecule has 0 aliphatic heterocycles. The number of hydrogen-bond donors (Lipinski definition) is 3. The predicted octanol–water partition coefficient (Wildman–Crippen LogP) is 0.0701. The molecule has 0 fully saturated rings. The molecule has 0 aromatic carbocycles. The fraction of sp³-hybridized carbons (Fsp3) is 0.667. The number of hydrogen-bond acceptors (Lipinski definition) is 2. The lowest BCUT2D eigenvalue weighted by Gasteiger charge is -1.79. The predicted molar refractivity (Wildman–Crippen MR) is 25.9 cm³/mol. The van der Waals surface area contributed by atoms with E-state index in [-0.39, 0.29) is 0 Å². The first-order valence-corrected chi connectivity index (χ1v) is 1.97. The molecule has 0 saturated carbocycles. The van der Waals surface area contributed by atoms with Crippen molar-refractivity contribution in [1.82, 2.24) is 5.48 Å². The molecule has 44 valence electrons. The topological polar surface area (TPSA) is 75.4 Å². The Bertz CT molecular complexity index is 46.2. The van der Waals surface area contributed by atoms with Crippen LogP contribution in [-0.4, -0.2) is 11.2 Å². The van der Waals surface area contributed by atoms with Gasteiger partial charge in [0.15, 0.2) is 0 Å². The maximum atomic E-state index is 9.23. The molecule has 4 N–H and O–H groups in total. The Morgan fingerprint density at radius 2 is 1.86 bits per heavy atom. The lowest BCUT2D eigenvalue weighted by Crippen LogP contribution is -2.25. The highest BCUT2D eigenvalue weighted by Crippen LogP contribution is 1.38. The standard InChI is InChI=1S/C2H6.CH4N2O2/c1-2;2-1(4)3-5/h1-2H3;5H,(H3,2,3,4). The normalized spacial score (nSPS) is 5.57. The van der Waals surface area contributed by atoms with Crippen molar-refractivity contribution in [2.75, 3.05) is 0 Å². The number of nitrogens with two attached hydrogens (primary N) is 1. The van der Waals surface area contributed by atoms with Crippen molar-refractivity contribution in [3.8, 4) is 0 Å². The number of carbonyl (C=O) groups excluding carboxylic acids is 1. The molecule has 0 bridgehead atoms. The summed E-state index contributed by atoms with van der Waals surface area (Å²) in [6, 6.07) is -0.940. The Morgan fingerprint density at radius 1 is 1.71 bits per heavy atom. The largest absolute Gasteiger partial charge is 0.350 e. The number of amides is 2. The van der Waals surface area contributed by atoms with Crippen LogP contribution < -0.4 is 11.2 Å². The lowest BCUT2D eigenvalue weighted by atomic mass is 11.0. The van der Waals surface area contributed by atoms with Gasteiger partial charge in [-0.25, -0.2) is 10.3 Å². The summed E-state index contributed by atoms with van der Waals surface area (Å²) in [6.07, 6.45) is 0. The molecule has 0 spiro atoms. The van der Waals surface area contributed by atoms with Crippen molar-refractivity contribution >= 4 is 6.03 Å². The van der Waals surface area contributed by atoms with Crippen LogP contribution in [0.5, 0.6) is 0 Å². The summed E-state index contributed by atoms with van der Waals surface area (Å²) >= 11 is 0. The summed E-state index contributed by atoms with van der Waals surface area (Å²) in [4.78, 5) is 9.23. The molecule has 0 atom stereocenters. The molecule has 0 aromatic heterocycles. The molecule has 0 saturated heterocycles. The summed E-state index contributed by atoms with van der Waals surface area (Å²) in [5.74, 6) is 0. The van der Waals surface area contributed by atoms with E-state index in [4.69, 9.17) is 5.21 Å². The average Bonchev–Trinajstić information content (AvgIpc) is 1.73. The van der Waals surface area contributed by atoms with Crippen molar-refractivity contribution in [3.63, 3.8) is 0 Å². The fourth-order valence-corrected chi connectivity index (χ4v) is 0. The zero-order chi connectivity index (χ0) is 6.28. The maximum absolute atomic E-state index is 9.23. The minimum Gasteiger partial charge on any atom is -0.350 e. The molecule has 0 aromatic rings. The van der Waals surface area contributed by atoms with Crippen LogP contribution in [0.3, 0.4) is 0 Å². The first-order chi connectivity index (χ1) is 3.27. The second kappa shape index (κ2) is 8.97. The fourth-order valence-electron chi connectivity index (χ4n) is 0. The molecule has 4 heteroatoms. The van der Waals surface area contributed by atoms with Crippen molar-refractivity contribution in [1.29, 1.82) is 0 Å². The highest BCUT2D eigenvalue weighted by Gasteiger charge is 1.75. The summed E-state index contributed by atoms with van der Waals surface area (Å²) < 4.78 is 0. The Hall–Kier alpha value is -0.770. The molecule has 0 heterocycles. The van der Waals surface area contributed by atoms with Crippen LogP contribution in [0.4, 0.5) is 4.79 Å². The van der Waals surface area contributed by atoms with Gasteiger partial charge in [0.1, 0.15) is 0 Å². The van der Waals surface area contributed by atoms with Crippen molar-refractivity contribution in [2.24, 2.45) is 5.73 Å². The van der Waals surface area contributed by atoms with E-state index in [1.807, 2.05) is 13.8 Å². The second-order valence-corrected chi connectivity index (χ2v) is 0.476. The van der Waals surface area contributed by atoms with E-state index >= 15 is 0 Å². The van der Waals surface area contributed by atoms with Crippen LogP contribution >= 0.6 is 0 Å². The molecular formula is C3H10N2O2. The third kappa shape index (κ3) is 36.1. The molecule has 7 heavy (non-hydrogen) atoms. The average molecular weight is 106 g/mol. The van der Waals surface area contributed by atoms with E-state index in [0.29, 0.717) is 0 Å². The van der Waals surface area contributed by atoms with Gasteiger partial charge in [-0.1, -0.05) is 13.8 Å². The van der Waals surface area contributed by atoms with Crippen LogP contribution in [0.15, 0.2) is 0 Å². The Morgan fingerprint density at radius 3 is 1.86 bits per heavy atom. The van der Waals surface area contributed by atoms with Gasteiger partial charge in [0.25, 0.3) is 0 Å². The van der Waals surface area contributed by atoms with E-state index in [1.54, 1.807) is 0 Å². The maximum Gasteiger partial charge on any atom is 0.335 e. The molecule has 0 rings (SSSR count).